The van der Waals surface area contributed by atoms with Crippen LogP contribution in [0.1, 0.15) is 37.3 Å². The molecule has 0 aliphatic heterocycles. The number of fused-ring (bicyclic) bond motifs is 1. The number of pyridine rings is 1. The highest BCUT2D eigenvalue weighted by Crippen LogP contribution is 2.35. The molecular weight excluding hydrogens is 651 g/mol. The minimum absolute atomic E-state index is 0.168. The minimum atomic E-state index is -1.20. The van der Waals surface area contributed by atoms with Gasteiger partial charge in [0.1, 0.15) is 38.6 Å². The molecule has 0 bridgehead atoms. The molecule has 0 radical (unpaired) electrons. The first-order valence-corrected chi connectivity index (χ1v) is 24.9. The largest absolute Gasteiger partial charge is 0.356 e. The SMILES string of the molecule is C[Si](C)(C)CCOCOCN(COCOCC[Si](C)(C)C)c1cc(C2CCC(=O)CC2)nc2c(-c3ccc(-c4ccccc4)nc3)cnn12. The van der Waals surface area contributed by atoms with Gasteiger partial charge in [-0.05, 0) is 31.0 Å². The molecule has 3 heterocycles. The Morgan fingerprint density at radius 1 is 0.796 bits per heavy atom. The van der Waals surface area contributed by atoms with Gasteiger partial charge >= 0.3 is 0 Å². The summed E-state index contributed by atoms with van der Waals surface area (Å²) in [6.07, 6.45) is 6.43. The molecule has 3 aromatic heterocycles. The minimum Gasteiger partial charge on any atom is -0.356 e. The van der Waals surface area contributed by atoms with Gasteiger partial charge in [-0.1, -0.05) is 75.7 Å². The molecule has 1 aliphatic rings. The maximum absolute atomic E-state index is 12.1. The molecule has 1 aliphatic carbocycles. The van der Waals surface area contributed by atoms with Crippen LogP contribution in [0.2, 0.25) is 51.4 Å². The van der Waals surface area contributed by atoms with E-state index >= 15 is 0 Å². The lowest BCUT2D eigenvalue weighted by atomic mass is 9.86. The molecule has 0 N–H and O–H groups in total. The topological polar surface area (TPSA) is 100 Å². The fraction of sp³-hybridized carbons (Fsp3) is 0.514. The third kappa shape index (κ3) is 11.1. The standard InChI is InChI=1S/C37H53N5O5Si2/c1-48(2,3)20-18-44-27-46-25-41(26-47-28-45-19-21-49(4,5)6)36-22-35(30-12-15-32(43)16-13-30)40-37-33(24-39-42(36)37)31-14-17-34(38-23-31)29-10-8-7-9-11-29/h7-11,14,17,22-24,30H,12-13,15-16,18-21,25-28H2,1-6H3. The van der Waals surface area contributed by atoms with Crippen LogP contribution >= 0.6 is 0 Å². The number of hydrogen-bond donors (Lipinski definition) is 0. The lowest BCUT2D eigenvalue weighted by Crippen LogP contribution is -2.32. The molecule has 5 rings (SSSR count). The van der Waals surface area contributed by atoms with Gasteiger partial charge in [0.05, 0.1) is 11.9 Å². The van der Waals surface area contributed by atoms with Crippen LogP contribution in [0.15, 0.2) is 60.9 Å². The first kappa shape index (κ1) is 37.0. The summed E-state index contributed by atoms with van der Waals surface area (Å²) in [6.45, 7) is 16.2. The van der Waals surface area contributed by atoms with Gasteiger partial charge in [-0.3, -0.25) is 9.78 Å². The molecule has 1 aromatic carbocycles. The quantitative estimate of drug-likeness (QED) is 0.0579. The third-order valence-electron chi connectivity index (χ3n) is 8.72. The van der Waals surface area contributed by atoms with E-state index in [1.54, 1.807) is 0 Å². The Bertz CT molecular complexity index is 1600. The number of hydrogen-bond acceptors (Lipinski definition) is 9. The van der Waals surface area contributed by atoms with Gasteiger partial charge < -0.3 is 23.8 Å². The summed E-state index contributed by atoms with van der Waals surface area (Å²) in [4.78, 5) is 24.1. The predicted octanol–water partition coefficient (Wildman–Crippen LogP) is 8.06. The van der Waals surface area contributed by atoms with E-state index in [4.69, 9.17) is 34.0 Å². The maximum Gasteiger partial charge on any atom is 0.165 e. The van der Waals surface area contributed by atoms with Crippen LogP contribution in [0.4, 0.5) is 5.82 Å². The second-order valence-corrected chi connectivity index (χ2v) is 26.6. The number of anilines is 1. The molecule has 0 amide bonds. The summed E-state index contributed by atoms with van der Waals surface area (Å²) in [5.74, 6) is 1.28. The first-order chi connectivity index (χ1) is 23.5. The van der Waals surface area contributed by atoms with E-state index in [0.29, 0.717) is 31.8 Å². The van der Waals surface area contributed by atoms with Crippen LogP contribution < -0.4 is 4.90 Å². The molecule has 1 fully saturated rings. The van der Waals surface area contributed by atoms with Crippen molar-refractivity contribution in [2.24, 2.45) is 0 Å². The summed E-state index contributed by atoms with van der Waals surface area (Å²) in [5, 5.41) is 4.83. The van der Waals surface area contributed by atoms with E-state index in [1.165, 1.54) is 0 Å². The van der Waals surface area contributed by atoms with Crippen LogP contribution in [0.5, 0.6) is 0 Å². The molecule has 49 heavy (non-hydrogen) atoms. The number of carbonyl (C=O) groups is 1. The highest BCUT2D eigenvalue weighted by molar-refractivity contribution is 6.76. The highest BCUT2D eigenvalue weighted by Gasteiger charge is 2.25. The van der Waals surface area contributed by atoms with Crippen molar-refractivity contribution in [3.63, 3.8) is 0 Å². The first-order valence-electron chi connectivity index (χ1n) is 17.4. The highest BCUT2D eigenvalue weighted by atomic mass is 28.3. The lowest BCUT2D eigenvalue weighted by Gasteiger charge is -2.27. The average Bonchev–Trinajstić information content (AvgIpc) is 3.50. The van der Waals surface area contributed by atoms with E-state index in [2.05, 4.69) is 63.5 Å². The van der Waals surface area contributed by atoms with Gasteiger partial charge in [0.25, 0.3) is 0 Å². The van der Waals surface area contributed by atoms with Crippen molar-refractivity contribution in [1.29, 1.82) is 0 Å². The maximum atomic E-state index is 12.1. The Morgan fingerprint density at radius 2 is 1.43 bits per heavy atom. The Morgan fingerprint density at radius 3 is 2.00 bits per heavy atom. The number of aromatic nitrogens is 4. The van der Waals surface area contributed by atoms with Gasteiger partial charge in [0, 0.05) is 82.8 Å². The second-order valence-electron chi connectivity index (χ2n) is 15.3. The summed E-state index contributed by atoms with van der Waals surface area (Å²) in [6, 6.07) is 18.5. The van der Waals surface area contributed by atoms with E-state index < -0.39 is 16.1 Å². The second kappa shape index (κ2) is 17.1. The van der Waals surface area contributed by atoms with Gasteiger partial charge in [-0.15, -0.1) is 0 Å². The van der Waals surface area contributed by atoms with Gasteiger partial charge in [-0.2, -0.15) is 9.61 Å². The molecule has 0 spiro atoms. The van der Waals surface area contributed by atoms with Crippen molar-refractivity contribution >= 4 is 33.4 Å². The van der Waals surface area contributed by atoms with E-state index in [0.717, 1.165) is 64.5 Å². The Balaban J connectivity index is 1.42. The predicted molar refractivity (Wildman–Crippen MR) is 200 cm³/mol. The van der Waals surface area contributed by atoms with E-state index in [1.807, 2.05) is 46.1 Å². The van der Waals surface area contributed by atoms with Crippen molar-refractivity contribution in [2.45, 2.75) is 83.0 Å². The monoisotopic (exact) mass is 703 g/mol. The fourth-order valence-corrected chi connectivity index (χ4v) is 7.14. The molecule has 0 atom stereocenters. The summed E-state index contributed by atoms with van der Waals surface area (Å²) >= 11 is 0. The molecule has 1 saturated carbocycles. The zero-order valence-corrected chi connectivity index (χ0v) is 32.1. The normalized spacial score (nSPS) is 14.5. The molecule has 4 aromatic rings. The Kier molecular flexibility index (Phi) is 12.9. The molecular formula is C37H53N5O5Si2. The zero-order chi connectivity index (χ0) is 34.9. The number of nitrogens with zero attached hydrogens (tertiary/aromatic N) is 5. The Hall–Kier alpha value is -3.27. The molecule has 264 valence electrons. The number of Topliss-reactive ketones (excluding diaryl/α,β-unsaturated/α-hetero) is 1. The van der Waals surface area contributed by atoms with E-state index in [9.17, 15) is 4.79 Å². The van der Waals surface area contributed by atoms with Crippen LogP contribution in [0, 0.1) is 0 Å². The van der Waals surface area contributed by atoms with Crippen LogP contribution in [0.3, 0.4) is 0 Å². The summed E-state index contributed by atoms with van der Waals surface area (Å²) < 4.78 is 25.7. The number of ketones is 1. The lowest BCUT2D eigenvalue weighted by molar-refractivity contribution is -0.120. The average molecular weight is 704 g/mol. The number of rotatable bonds is 18. The smallest absolute Gasteiger partial charge is 0.165 e. The van der Waals surface area contributed by atoms with Crippen molar-refractivity contribution < 1.29 is 23.7 Å². The number of ether oxygens (including phenoxy) is 4. The summed E-state index contributed by atoms with van der Waals surface area (Å²) in [7, 11) is -2.41. The fourth-order valence-electron chi connectivity index (χ4n) is 5.63. The van der Waals surface area contributed by atoms with E-state index in [-0.39, 0.29) is 33.0 Å². The Labute approximate surface area is 293 Å². The molecule has 0 saturated heterocycles. The third-order valence-corrected chi connectivity index (χ3v) is 12.1. The van der Waals surface area contributed by atoms with Crippen molar-refractivity contribution in [2.75, 3.05) is 45.2 Å². The molecule has 0 unspecified atom stereocenters. The van der Waals surface area contributed by atoms with Gasteiger partial charge in [0.15, 0.2) is 5.65 Å². The van der Waals surface area contributed by atoms with Gasteiger partial charge in [0.2, 0.25) is 0 Å². The van der Waals surface area contributed by atoms with Crippen molar-refractivity contribution in [3.8, 4) is 22.4 Å². The van der Waals surface area contributed by atoms with Crippen molar-refractivity contribution in [3.05, 3.63) is 66.6 Å². The number of carbonyl (C=O) groups excluding carboxylic acids is 1. The van der Waals surface area contributed by atoms with Gasteiger partial charge in [-0.25, -0.2) is 4.98 Å². The molecule has 12 heteroatoms. The van der Waals surface area contributed by atoms with Crippen LogP contribution in [-0.2, 0) is 23.7 Å². The molecule has 10 nitrogen and oxygen atoms in total. The zero-order valence-electron chi connectivity index (χ0n) is 30.1. The number of benzene rings is 1. The van der Waals surface area contributed by atoms with Crippen LogP contribution in [-0.4, -0.2) is 81.8 Å². The summed E-state index contributed by atoms with van der Waals surface area (Å²) in [5.41, 5.74) is 5.44. The van der Waals surface area contributed by atoms with Crippen molar-refractivity contribution in [1.82, 2.24) is 19.6 Å². The van der Waals surface area contributed by atoms with Crippen LogP contribution in [0.25, 0.3) is 28.0 Å².